The van der Waals surface area contributed by atoms with Gasteiger partial charge in [-0.1, -0.05) is 44.9 Å². The fourth-order valence-corrected chi connectivity index (χ4v) is 5.50. The number of hydrogen-bond donors (Lipinski definition) is 2. The maximum absolute atomic E-state index is 13.1. The summed E-state index contributed by atoms with van der Waals surface area (Å²) >= 11 is 0. The van der Waals surface area contributed by atoms with E-state index in [-0.39, 0.29) is 34.1 Å². The van der Waals surface area contributed by atoms with E-state index in [2.05, 4.69) is 17.0 Å². The number of methoxy groups -OCH3 is 1. The van der Waals surface area contributed by atoms with Crippen molar-refractivity contribution in [3.63, 3.8) is 0 Å². The summed E-state index contributed by atoms with van der Waals surface area (Å²) in [5.74, 6) is 0.133. The Morgan fingerprint density at radius 1 is 1.13 bits per heavy atom. The summed E-state index contributed by atoms with van der Waals surface area (Å²) in [7, 11) is -2.41. The topological polar surface area (TPSA) is 84.5 Å². The molecule has 1 fully saturated rings. The number of rotatable bonds is 7. The van der Waals surface area contributed by atoms with E-state index in [9.17, 15) is 13.2 Å². The minimum absolute atomic E-state index is 0.0146. The van der Waals surface area contributed by atoms with Crippen molar-refractivity contribution >= 4 is 21.6 Å². The first-order valence-electron chi connectivity index (χ1n) is 10.4. The van der Waals surface area contributed by atoms with Crippen molar-refractivity contribution < 1.29 is 17.9 Å². The van der Waals surface area contributed by atoms with Crippen molar-refractivity contribution in [2.75, 3.05) is 12.4 Å². The van der Waals surface area contributed by atoms with E-state index < -0.39 is 10.0 Å². The molecule has 162 valence electrons. The first-order valence-corrected chi connectivity index (χ1v) is 11.9. The summed E-state index contributed by atoms with van der Waals surface area (Å²) in [6, 6.07) is 11.9. The Labute approximate surface area is 179 Å². The van der Waals surface area contributed by atoms with Crippen LogP contribution in [0.25, 0.3) is 0 Å². The van der Waals surface area contributed by atoms with Crippen molar-refractivity contribution in [2.24, 2.45) is 5.92 Å². The maximum Gasteiger partial charge on any atom is 0.255 e. The van der Waals surface area contributed by atoms with Gasteiger partial charge in [0, 0.05) is 17.3 Å². The fourth-order valence-electron chi connectivity index (χ4n) is 3.93. The van der Waals surface area contributed by atoms with Crippen LogP contribution in [0, 0.1) is 5.92 Å². The van der Waals surface area contributed by atoms with Crippen molar-refractivity contribution in [3.8, 4) is 5.75 Å². The molecule has 0 spiro atoms. The molecule has 2 aromatic carbocycles. The monoisotopic (exact) mass is 430 g/mol. The number of benzene rings is 2. The number of carbonyl (C=O) groups is 1. The van der Waals surface area contributed by atoms with E-state index >= 15 is 0 Å². The molecule has 1 saturated carbocycles. The van der Waals surface area contributed by atoms with Gasteiger partial charge in [0.15, 0.2) is 0 Å². The minimum atomic E-state index is -3.83. The van der Waals surface area contributed by atoms with Crippen molar-refractivity contribution in [1.82, 2.24) is 4.72 Å². The summed E-state index contributed by atoms with van der Waals surface area (Å²) in [4.78, 5) is 12.8. The second-order valence-electron chi connectivity index (χ2n) is 7.82. The van der Waals surface area contributed by atoms with Crippen LogP contribution in [-0.2, 0) is 16.4 Å². The molecular weight excluding hydrogens is 400 g/mol. The zero-order chi connectivity index (χ0) is 21.7. The second-order valence-corrected chi connectivity index (χ2v) is 9.50. The van der Waals surface area contributed by atoms with Gasteiger partial charge in [-0.25, -0.2) is 13.1 Å². The van der Waals surface area contributed by atoms with E-state index in [1.165, 1.54) is 19.2 Å². The molecule has 1 aliphatic carbocycles. The van der Waals surface area contributed by atoms with Gasteiger partial charge in [-0.3, -0.25) is 4.79 Å². The van der Waals surface area contributed by atoms with E-state index in [0.717, 1.165) is 43.4 Å². The highest BCUT2D eigenvalue weighted by Gasteiger charge is 2.29. The molecule has 0 saturated heterocycles. The summed E-state index contributed by atoms with van der Waals surface area (Å²) in [5, 5.41) is 2.89. The zero-order valence-electron chi connectivity index (χ0n) is 17.8. The van der Waals surface area contributed by atoms with Gasteiger partial charge in [-0.15, -0.1) is 0 Å². The molecule has 2 atom stereocenters. The Kier molecular flexibility index (Phi) is 7.15. The van der Waals surface area contributed by atoms with Gasteiger partial charge in [-0.2, -0.15) is 0 Å². The molecule has 0 unspecified atom stereocenters. The highest BCUT2D eigenvalue weighted by atomic mass is 32.2. The number of anilines is 1. The quantitative estimate of drug-likeness (QED) is 0.683. The highest BCUT2D eigenvalue weighted by Crippen LogP contribution is 2.29. The third-order valence-corrected chi connectivity index (χ3v) is 7.29. The average molecular weight is 431 g/mol. The van der Waals surface area contributed by atoms with Gasteiger partial charge >= 0.3 is 0 Å². The van der Waals surface area contributed by atoms with Gasteiger partial charge in [-0.05, 0) is 55.0 Å². The maximum atomic E-state index is 13.1. The van der Waals surface area contributed by atoms with Crippen molar-refractivity contribution in [2.45, 2.75) is 56.9 Å². The number of amides is 1. The summed E-state index contributed by atoms with van der Waals surface area (Å²) in [6.45, 7) is 4.08. The number of para-hydroxylation sites is 1. The molecule has 30 heavy (non-hydrogen) atoms. The van der Waals surface area contributed by atoms with Gasteiger partial charge in [0.25, 0.3) is 5.91 Å². The third kappa shape index (κ3) is 5.02. The molecule has 0 aromatic heterocycles. The van der Waals surface area contributed by atoms with Gasteiger partial charge in [0.2, 0.25) is 10.0 Å². The second kappa shape index (κ2) is 9.62. The standard InChI is InChI=1S/C23H30N2O4S/c1-4-17-10-6-8-12-20(17)24-23(26)18-13-14-21(29-3)22(15-18)30(27,28)25-19-11-7-5-9-16(19)2/h6,8,10,12-16,19,25H,4-5,7,9,11H2,1-3H3,(H,24,26)/t16-,19+/m0/s1. The van der Waals surface area contributed by atoms with Crippen molar-refractivity contribution in [3.05, 3.63) is 53.6 Å². The van der Waals surface area contributed by atoms with Crippen LogP contribution in [0.4, 0.5) is 5.69 Å². The molecule has 7 heteroatoms. The van der Waals surface area contributed by atoms with Gasteiger partial charge in [0.05, 0.1) is 7.11 Å². The molecule has 2 N–H and O–H groups in total. The number of sulfonamides is 1. The third-order valence-electron chi connectivity index (χ3n) is 5.78. The Balaban J connectivity index is 1.88. The number of nitrogens with one attached hydrogen (secondary N) is 2. The Morgan fingerprint density at radius 2 is 1.87 bits per heavy atom. The molecule has 1 amide bonds. The highest BCUT2D eigenvalue weighted by molar-refractivity contribution is 7.89. The van der Waals surface area contributed by atoms with Crippen LogP contribution in [0.15, 0.2) is 47.4 Å². The van der Waals surface area contributed by atoms with E-state index in [0.29, 0.717) is 0 Å². The van der Waals surface area contributed by atoms with Crippen LogP contribution in [0.2, 0.25) is 0 Å². The number of aryl methyl sites for hydroxylation is 1. The van der Waals surface area contributed by atoms with Crippen LogP contribution < -0.4 is 14.8 Å². The number of hydrogen-bond acceptors (Lipinski definition) is 4. The molecule has 6 nitrogen and oxygen atoms in total. The molecule has 0 aliphatic heterocycles. The first kappa shape index (κ1) is 22.3. The normalized spacial score (nSPS) is 19.3. The van der Waals surface area contributed by atoms with Crippen LogP contribution in [-0.4, -0.2) is 27.5 Å². The fraction of sp³-hybridized carbons (Fsp3) is 0.435. The van der Waals surface area contributed by atoms with E-state index in [4.69, 9.17) is 4.74 Å². The first-order chi connectivity index (χ1) is 14.4. The largest absolute Gasteiger partial charge is 0.495 e. The Bertz CT molecular complexity index is 1000. The number of carbonyl (C=O) groups excluding carboxylic acids is 1. The summed E-state index contributed by atoms with van der Waals surface area (Å²) in [6.07, 6.45) is 4.73. The summed E-state index contributed by atoms with van der Waals surface area (Å²) < 4.78 is 34.4. The molecule has 0 bridgehead atoms. The van der Waals surface area contributed by atoms with E-state index in [1.807, 2.05) is 31.2 Å². The Morgan fingerprint density at radius 3 is 2.57 bits per heavy atom. The summed E-state index contributed by atoms with van der Waals surface area (Å²) in [5.41, 5.74) is 2.00. The van der Waals surface area contributed by atoms with Gasteiger partial charge < -0.3 is 10.1 Å². The molecular formula is C23H30N2O4S. The lowest BCUT2D eigenvalue weighted by Gasteiger charge is -2.29. The average Bonchev–Trinajstić information content (AvgIpc) is 2.75. The molecule has 1 aliphatic rings. The Hall–Kier alpha value is -2.38. The predicted octanol–water partition coefficient (Wildman–Crippen LogP) is 4.37. The predicted molar refractivity (Wildman–Crippen MR) is 119 cm³/mol. The van der Waals surface area contributed by atoms with Crippen LogP contribution in [0.1, 0.15) is 55.5 Å². The lowest BCUT2D eigenvalue weighted by Crippen LogP contribution is -2.41. The van der Waals surface area contributed by atoms with Crippen LogP contribution in [0.5, 0.6) is 5.75 Å². The van der Waals surface area contributed by atoms with Gasteiger partial charge in [0.1, 0.15) is 10.6 Å². The van der Waals surface area contributed by atoms with Crippen molar-refractivity contribution in [1.29, 1.82) is 0 Å². The molecule has 0 heterocycles. The lowest BCUT2D eigenvalue weighted by molar-refractivity contribution is 0.102. The molecule has 3 rings (SSSR count). The van der Waals surface area contributed by atoms with Crippen LogP contribution in [0.3, 0.4) is 0 Å². The molecule has 0 radical (unpaired) electrons. The smallest absolute Gasteiger partial charge is 0.255 e. The SMILES string of the molecule is CCc1ccccc1NC(=O)c1ccc(OC)c(S(=O)(=O)N[C@@H]2CCCC[C@@H]2C)c1. The minimum Gasteiger partial charge on any atom is -0.495 e. The van der Waals surface area contributed by atoms with Crippen LogP contribution >= 0.6 is 0 Å². The number of ether oxygens (including phenoxy) is 1. The van der Waals surface area contributed by atoms with E-state index in [1.54, 1.807) is 6.07 Å². The molecule has 2 aromatic rings. The lowest BCUT2D eigenvalue weighted by atomic mass is 9.87. The zero-order valence-corrected chi connectivity index (χ0v) is 18.6.